The standard InChI is InChI=1S/C31H39N5O4S2/c1-3-19-42(39,40)36-28(20-22-9-13-25(14-10-22)24-7-5-4-6-8-24)31(38)35-27(17-18-41-2)30(37)34-21-23-11-15-26(16-12-23)29(32)33/h4-16,27-28,36H,3,17-21H2,1-2H3,(H3,32,33)(H,34,37)(H,35,38)/t27-,28+/m0/s1. The molecular weight excluding hydrogens is 571 g/mol. The number of carbonyl (C=O) groups excluding carboxylic acids is 2. The zero-order chi connectivity index (χ0) is 30.5. The summed E-state index contributed by atoms with van der Waals surface area (Å²) in [6.07, 6.45) is 2.82. The van der Waals surface area contributed by atoms with Crippen LogP contribution in [0.25, 0.3) is 11.1 Å². The molecule has 2 atom stereocenters. The number of nitrogens with one attached hydrogen (secondary N) is 4. The number of amidine groups is 1. The molecule has 0 bridgehead atoms. The third-order valence-corrected chi connectivity index (χ3v) is 8.82. The number of carbonyl (C=O) groups is 2. The van der Waals surface area contributed by atoms with Gasteiger partial charge in [0.2, 0.25) is 21.8 Å². The van der Waals surface area contributed by atoms with E-state index in [0.29, 0.717) is 24.2 Å². The fourth-order valence-corrected chi connectivity index (χ4v) is 6.07. The number of nitrogens with two attached hydrogens (primary N) is 1. The van der Waals surface area contributed by atoms with Gasteiger partial charge in [-0.3, -0.25) is 15.0 Å². The molecule has 0 spiro atoms. The Morgan fingerprint density at radius 3 is 2.10 bits per heavy atom. The molecule has 0 aliphatic carbocycles. The molecule has 0 aromatic heterocycles. The smallest absolute Gasteiger partial charge is 0.242 e. The van der Waals surface area contributed by atoms with Crippen LogP contribution in [0.2, 0.25) is 0 Å². The van der Waals surface area contributed by atoms with Crippen LogP contribution in [0.15, 0.2) is 78.9 Å². The summed E-state index contributed by atoms with van der Waals surface area (Å²) >= 11 is 1.55. The summed E-state index contributed by atoms with van der Waals surface area (Å²) in [5.41, 5.74) is 9.75. The third kappa shape index (κ3) is 10.3. The maximum absolute atomic E-state index is 13.5. The molecule has 42 heavy (non-hydrogen) atoms. The molecule has 0 saturated heterocycles. The second-order valence-electron chi connectivity index (χ2n) is 9.93. The van der Waals surface area contributed by atoms with Gasteiger partial charge in [-0.05, 0) is 53.5 Å². The fourth-order valence-electron chi connectivity index (χ4n) is 4.32. The second-order valence-corrected chi connectivity index (χ2v) is 12.8. The van der Waals surface area contributed by atoms with Gasteiger partial charge in [0.05, 0.1) is 5.75 Å². The van der Waals surface area contributed by atoms with Crippen molar-refractivity contribution in [2.75, 3.05) is 17.8 Å². The lowest BCUT2D eigenvalue weighted by atomic mass is 10.0. The van der Waals surface area contributed by atoms with Crippen LogP contribution < -0.4 is 21.1 Å². The highest BCUT2D eigenvalue weighted by Gasteiger charge is 2.28. The summed E-state index contributed by atoms with van der Waals surface area (Å²) in [6, 6.07) is 22.5. The van der Waals surface area contributed by atoms with Crippen molar-refractivity contribution >= 4 is 39.4 Å². The van der Waals surface area contributed by atoms with E-state index in [0.717, 1.165) is 22.3 Å². The van der Waals surface area contributed by atoms with Crippen LogP contribution in [-0.4, -0.2) is 55.9 Å². The Balaban J connectivity index is 1.74. The van der Waals surface area contributed by atoms with Crippen molar-refractivity contribution < 1.29 is 18.0 Å². The Hall–Kier alpha value is -3.67. The average molecular weight is 610 g/mol. The first-order chi connectivity index (χ1) is 20.1. The minimum absolute atomic E-state index is 0.0401. The number of nitrogen functional groups attached to an aromatic ring is 1. The van der Waals surface area contributed by atoms with Crippen LogP contribution in [0.4, 0.5) is 0 Å². The maximum Gasteiger partial charge on any atom is 0.242 e. The zero-order valence-electron chi connectivity index (χ0n) is 23.9. The van der Waals surface area contributed by atoms with E-state index in [2.05, 4.69) is 15.4 Å². The zero-order valence-corrected chi connectivity index (χ0v) is 25.6. The van der Waals surface area contributed by atoms with E-state index < -0.39 is 28.0 Å². The van der Waals surface area contributed by atoms with Crippen molar-refractivity contribution in [1.82, 2.24) is 15.4 Å². The van der Waals surface area contributed by atoms with Crippen molar-refractivity contribution in [3.8, 4) is 11.1 Å². The van der Waals surface area contributed by atoms with Crippen molar-refractivity contribution in [2.45, 2.75) is 44.8 Å². The Kier molecular flexibility index (Phi) is 12.6. The predicted octanol–water partition coefficient (Wildman–Crippen LogP) is 3.43. The van der Waals surface area contributed by atoms with E-state index in [1.165, 1.54) is 0 Å². The number of amides is 2. The van der Waals surface area contributed by atoms with Crippen molar-refractivity contribution in [3.05, 3.63) is 95.6 Å². The molecule has 0 radical (unpaired) electrons. The largest absolute Gasteiger partial charge is 0.384 e. The van der Waals surface area contributed by atoms with Crippen LogP contribution in [-0.2, 0) is 32.6 Å². The summed E-state index contributed by atoms with van der Waals surface area (Å²) in [7, 11) is -3.72. The summed E-state index contributed by atoms with van der Waals surface area (Å²) in [5.74, 6) is -0.451. The molecular formula is C31H39N5O4S2. The molecule has 0 fully saturated rings. The molecule has 0 aliphatic rings. The van der Waals surface area contributed by atoms with Gasteiger partial charge in [0.1, 0.15) is 17.9 Å². The van der Waals surface area contributed by atoms with Gasteiger partial charge in [0.25, 0.3) is 0 Å². The van der Waals surface area contributed by atoms with Gasteiger partial charge < -0.3 is 16.4 Å². The maximum atomic E-state index is 13.5. The summed E-state index contributed by atoms with van der Waals surface area (Å²) < 4.78 is 28.0. The van der Waals surface area contributed by atoms with E-state index in [9.17, 15) is 18.0 Å². The molecule has 0 heterocycles. The van der Waals surface area contributed by atoms with E-state index in [1.807, 2.05) is 60.9 Å². The second kappa shape index (κ2) is 16.1. The molecule has 0 aliphatic heterocycles. The highest BCUT2D eigenvalue weighted by molar-refractivity contribution is 7.98. The lowest BCUT2D eigenvalue weighted by molar-refractivity contribution is -0.129. The van der Waals surface area contributed by atoms with Crippen LogP contribution in [0.3, 0.4) is 0 Å². The minimum atomic E-state index is -3.72. The third-order valence-electron chi connectivity index (χ3n) is 6.59. The summed E-state index contributed by atoms with van der Waals surface area (Å²) in [6.45, 7) is 1.98. The Morgan fingerprint density at radius 2 is 1.50 bits per heavy atom. The van der Waals surface area contributed by atoms with E-state index in [-0.39, 0.29) is 30.5 Å². The molecule has 11 heteroatoms. The van der Waals surface area contributed by atoms with Gasteiger partial charge in [0.15, 0.2) is 0 Å². The van der Waals surface area contributed by atoms with Crippen LogP contribution >= 0.6 is 11.8 Å². The number of thioether (sulfide) groups is 1. The monoisotopic (exact) mass is 609 g/mol. The topological polar surface area (TPSA) is 154 Å². The number of hydrogen-bond acceptors (Lipinski definition) is 6. The first-order valence-electron chi connectivity index (χ1n) is 13.8. The molecule has 3 rings (SSSR count). The minimum Gasteiger partial charge on any atom is -0.384 e. The summed E-state index contributed by atoms with van der Waals surface area (Å²) in [5, 5.41) is 13.2. The Bertz CT molecular complexity index is 1430. The lowest BCUT2D eigenvalue weighted by Gasteiger charge is -2.23. The Labute approximate surface area is 252 Å². The van der Waals surface area contributed by atoms with Gasteiger partial charge in [-0.25, -0.2) is 13.1 Å². The number of rotatable bonds is 16. The molecule has 2 amide bonds. The molecule has 6 N–H and O–H groups in total. The number of benzene rings is 3. The van der Waals surface area contributed by atoms with E-state index in [1.54, 1.807) is 43.0 Å². The van der Waals surface area contributed by atoms with Gasteiger partial charge in [0, 0.05) is 12.1 Å². The fraction of sp³-hybridized carbons (Fsp3) is 0.323. The highest BCUT2D eigenvalue weighted by atomic mass is 32.2. The lowest BCUT2D eigenvalue weighted by Crippen LogP contribution is -2.54. The van der Waals surface area contributed by atoms with Gasteiger partial charge >= 0.3 is 0 Å². The number of hydrogen-bond donors (Lipinski definition) is 5. The van der Waals surface area contributed by atoms with E-state index in [4.69, 9.17) is 11.1 Å². The van der Waals surface area contributed by atoms with Gasteiger partial charge in [-0.15, -0.1) is 0 Å². The van der Waals surface area contributed by atoms with Crippen LogP contribution in [0.5, 0.6) is 0 Å². The summed E-state index contributed by atoms with van der Waals surface area (Å²) in [4.78, 5) is 26.7. The Morgan fingerprint density at radius 1 is 0.881 bits per heavy atom. The molecule has 0 saturated carbocycles. The van der Waals surface area contributed by atoms with Crippen LogP contribution in [0, 0.1) is 5.41 Å². The van der Waals surface area contributed by atoms with Gasteiger partial charge in [-0.1, -0.05) is 85.8 Å². The first kappa shape index (κ1) is 32.8. The van der Waals surface area contributed by atoms with Crippen molar-refractivity contribution in [1.29, 1.82) is 5.41 Å². The molecule has 3 aromatic carbocycles. The quantitative estimate of drug-likeness (QED) is 0.124. The van der Waals surface area contributed by atoms with Gasteiger partial charge in [-0.2, -0.15) is 11.8 Å². The normalized spacial score (nSPS) is 12.7. The predicted molar refractivity (Wildman–Crippen MR) is 171 cm³/mol. The van der Waals surface area contributed by atoms with Crippen molar-refractivity contribution in [2.24, 2.45) is 5.73 Å². The molecule has 3 aromatic rings. The SMILES string of the molecule is CCCS(=O)(=O)N[C@H](Cc1ccc(-c2ccccc2)cc1)C(=O)N[C@@H](CCSC)C(=O)NCc1ccc(C(=N)N)cc1. The molecule has 9 nitrogen and oxygen atoms in total. The average Bonchev–Trinajstić information content (AvgIpc) is 2.98. The van der Waals surface area contributed by atoms with E-state index >= 15 is 0 Å². The van der Waals surface area contributed by atoms with Crippen molar-refractivity contribution in [3.63, 3.8) is 0 Å². The molecule has 224 valence electrons. The highest BCUT2D eigenvalue weighted by Crippen LogP contribution is 2.20. The van der Waals surface area contributed by atoms with Crippen LogP contribution in [0.1, 0.15) is 36.5 Å². The first-order valence-corrected chi connectivity index (χ1v) is 16.8. The molecule has 0 unspecified atom stereocenters. The number of sulfonamides is 1.